The molecule has 4 nitrogen and oxygen atoms in total. The molecule has 0 fully saturated rings. The number of carbonyl (C=O) groups excluding carboxylic acids is 1. The Kier molecular flexibility index (Phi) is 4.97. The number of hydrogen-bond acceptors (Lipinski definition) is 3. The van der Waals surface area contributed by atoms with Gasteiger partial charge in [-0.25, -0.2) is 0 Å². The molecular formula is C13H20N2O2. The molecule has 0 aliphatic heterocycles. The fourth-order valence-electron chi connectivity index (χ4n) is 1.64. The van der Waals surface area contributed by atoms with E-state index in [0.717, 1.165) is 17.8 Å². The van der Waals surface area contributed by atoms with E-state index in [4.69, 9.17) is 5.11 Å². The first-order valence-electron chi connectivity index (χ1n) is 5.81. The molecule has 0 radical (unpaired) electrons. The molecule has 1 aromatic carbocycles. The zero-order valence-electron chi connectivity index (χ0n) is 10.7. The van der Waals surface area contributed by atoms with E-state index < -0.39 is 0 Å². The molecule has 0 saturated heterocycles. The highest BCUT2D eigenvalue weighted by Gasteiger charge is 2.15. The van der Waals surface area contributed by atoms with E-state index in [1.807, 2.05) is 32.0 Å². The Morgan fingerprint density at radius 2 is 2.18 bits per heavy atom. The summed E-state index contributed by atoms with van der Waals surface area (Å²) in [4.78, 5) is 13.6. The van der Waals surface area contributed by atoms with Crippen LogP contribution in [0.2, 0.25) is 0 Å². The van der Waals surface area contributed by atoms with Crippen molar-refractivity contribution >= 4 is 11.6 Å². The standard InChI is InChI=1S/C13H20N2O2/c1-4-14-12-9-10(2)5-6-11(12)13(17)15(3)7-8-16/h5-6,9,14,16H,4,7-8H2,1-3H3. The molecular weight excluding hydrogens is 216 g/mol. The highest BCUT2D eigenvalue weighted by atomic mass is 16.3. The predicted octanol–water partition coefficient (Wildman–Crippen LogP) is 1.49. The molecule has 0 heterocycles. The highest BCUT2D eigenvalue weighted by Crippen LogP contribution is 2.19. The summed E-state index contributed by atoms with van der Waals surface area (Å²) >= 11 is 0. The van der Waals surface area contributed by atoms with Crippen molar-refractivity contribution in [2.24, 2.45) is 0 Å². The molecule has 1 amide bonds. The molecule has 0 saturated carbocycles. The second-order valence-electron chi connectivity index (χ2n) is 4.03. The molecule has 0 spiro atoms. The molecule has 2 N–H and O–H groups in total. The van der Waals surface area contributed by atoms with Gasteiger partial charge in [-0.2, -0.15) is 0 Å². The van der Waals surface area contributed by atoms with Gasteiger partial charge in [-0.1, -0.05) is 6.07 Å². The maximum atomic E-state index is 12.1. The number of carbonyl (C=O) groups is 1. The minimum atomic E-state index is -0.0741. The van der Waals surface area contributed by atoms with Crippen LogP contribution in [0.25, 0.3) is 0 Å². The Morgan fingerprint density at radius 3 is 2.76 bits per heavy atom. The van der Waals surface area contributed by atoms with Gasteiger partial charge in [0.1, 0.15) is 0 Å². The van der Waals surface area contributed by atoms with E-state index in [-0.39, 0.29) is 12.5 Å². The molecule has 1 rings (SSSR count). The maximum absolute atomic E-state index is 12.1. The Labute approximate surface area is 102 Å². The summed E-state index contributed by atoms with van der Waals surface area (Å²) in [6.45, 7) is 5.08. The first kappa shape index (κ1) is 13.5. The third-order valence-corrected chi connectivity index (χ3v) is 2.55. The van der Waals surface area contributed by atoms with Gasteiger partial charge >= 0.3 is 0 Å². The van der Waals surface area contributed by atoms with Crippen LogP contribution in [-0.2, 0) is 0 Å². The van der Waals surface area contributed by atoms with E-state index >= 15 is 0 Å². The second kappa shape index (κ2) is 6.25. The van der Waals surface area contributed by atoms with Crippen LogP contribution in [0.4, 0.5) is 5.69 Å². The summed E-state index contributed by atoms with van der Waals surface area (Å²) in [5.74, 6) is -0.0741. The minimum absolute atomic E-state index is 0.0232. The van der Waals surface area contributed by atoms with Gasteiger partial charge < -0.3 is 15.3 Å². The quantitative estimate of drug-likeness (QED) is 0.814. The Hall–Kier alpha value is -1.55. The molecule has 1 aromatic rings. The smallest absolute Gasteiger partial charge is 0.255 e. The monoisotopic (exact) mass is 236 g/mol. The first-order valence-corrected chi connectivity index (χ1v) is 5.81. The van der Waals surface area contributed by atoms with Gasteiger partial charge in [0, 0.05) is 25.8 Å². The molecule has 0 unspecified atom stereocenters. The Bertz CT molecular complexity index is 391. The van der Waals surface area contributed by atoms with Crippen molar-refractivity contribution in [2.75, 3.05) is 32.1 Å². The van der Waals surface area contributed by atoms with Crippen LogP contribution in [0.1, 0.15) is 22.8 Å². The molecule has 94 valence electrons. The molecule has 4 heteroatoms. The number of nitrogens with zero attached hydrogens (tertiary/aromatic N) is 1. The van der Waals surface area contributed by atoms with Crippen LogP contribution in [0, 0.1) is 6.92 Å². The molecule has 0 aliphatic rings. The number of rotatable bonds is 5. The van der Waals surface area contributed by atoms with Crippen molar-refractivity contribution in [2.45, 2.75) is 13.8 Å². The van der Waals surface area contributed by atoms with Gasteiger partial charge in [0.15, 0.2) is 0 Å². The number of aliphatic hydroxyl groups is 1. The summed E-state index contributed by atoms with van der Waals surface area (Å²) in [5.41, 5.74) is 2.61. The number of anilines is 1. The molecule has 0 bridgehead atoms. The van der Waals surface area contributed by atoms with Crippen molar-refractivity contribution < 1.29 is 9.90 Å². The first-order chi connectivity index (χ1) is 8.10. The van der Waals surface area contributed by atoms with Crippen LogP contribution in [0.3, 0.4) is 0 Å². The van der Waals surface area contributed by atoms with Crippen molar-refractivity contribution in [3.05, 3.63) is 29.3 Å². The third kappa shape index (κ3) is 3.46. The third-order valence-electron chi connectivity index (χ3n) is 2.55. The summed E-state index contributed by atoms with van der Waals surface area (Å²) in [6, 6.07) is 5.70. The summed E-state index contributed by atoms with van der Waals surface area (Å²) in [7, 11) is 1.69. The van der Waals surface area contributed by atoms with Crippen LogP contribution < -0.4 is 5.32 Å². The second-order valence-corrected chi connectivity index (χ2v) is 4.03. The normalized spacial score (nSPS) is 10.1. The van der Waals surface area contributed by atoms with Crippen LogP contribution in [-0.4, -0.2) is 42.7 Å². The lowest BCUT2D eigenvalue weighted by atomic mass is 10.1. The molecule has 0 aromatic heterocycles. The lowest BCUT2D eigenvalue weighted by Crippen LogP contribution is -2.30. The van der Waals surface area contributed by atoms with Crippen LogP contribution in [0.15, 0.2) is 18.2 Å². The minimum Gasteiger partial charge on any atom is -0.395 e. The van der Waals surface area contributed by atoms with Crippen LogP contribution in [0.5, 0.6) is 0 Å². The van der Waals surface area contributed by atoms with Crippen molar-refractivity contribution in [3.63, 3.8) is 0 Å². The summed E-state index contributed by atoms with van der Waals surface area (Å²) in [5, 5.41) is 12.0. The predicted molar refractivity (Wildman–Crippen MR) is 69.4 cm³/mol. The number of aliphatic hydroxyl groups excluding tert-OH is 1. The van der Waals surface area contributed by atoms with Crippen LogP contribution >= 0.6 is 0 Å². The number of amides is 1. The van der Waals surface area contributed by atoms with Gasteiger partial charge in [-0.05, 0) is 31.5 Å². The number of hydrogen-bond donors (Lipinski definition) is 2. The SMILES string of the molecule is CCNc1cc(C)ccc1C(=O)N(C)CCO. The van der Waals surface area contributed by atoms with Gasteiger partial charge in [-0.3, -0.25) is 4.79 Å². The van der Waals surface area contributed by atoms with Crippen molar-refractivity contribution in [1.82, 2.24) is 4.90 Å². The van der Waals surface area contributed by atoms with E-state index in [2.05, 4.69) is 5.32 Å². The fraction of sp³-hybridized carbons (Fsp3) is 0.462. The van der Waals surface area contributed by atoms with Gasteiger partial charge in [0.05, 0.1) is 12.2 Å². The Balaban J connectivity index is 2.99. The van der Waals surface area contributed by atoms with E-state index in [1.165, 1.54) is 4.90 Å². The average molecular weight is 236 g/mol. The van der Waals surface area contributed by atoms with Gasteiger partial charge in [0.25, 0.3) is 5.91 Å². The molecule has 0 atom stereocenters. The number of aryl methyl sites for hydroxylation is 1. The summed E-state index contributed by atoms with van der Waals surface area (Å²) < 4.78 is 0. The zero-order chi connectivity index (χ0) is 12.8. The molecule has 0 aliphatic carbocycles. The Morgan fingerprint density at radius 1 is 1.47 bits per heavy atom. The van der Waals surface area contributed by atoms with Gasteiger partial charge in [-0.15, -0.1) is 0 Å². The largest absolute Gasteiger partial charge is 0.395 e. The van der Waals surface area contributed by atoms with E-state index in [1.54, 1.807) is 7.05 Å². The summed E-state index contributed by atoms with van der Waals surface area (Å²) in [6.07, 6.45) is 0. The lowest BCUT2D eigenvalue weighted by Gasteiger charge is -2.18. The number of nitrogens with one attached hydrogen (secondary N) is 1. The van der Waals surface area contributed by atoms with Crippen molar-refractivity contribution in [3.8, 4) is 0 Å². The lowest BCUT2D eigenvalue weighted by molar-refractivity contribution is 0.0768. The maximum Gasteiger partial charge on any atom is 0.255 e. The van der Waals surface area contributed by atoms with Crippen molar-refractivity contribution in [1.29, 1.82) is 0 Å². The average Bonchev–Trinajstić information content (AvgIpc) is 2.29. The zero-order valence-corrected chi connectivity index (χ0v) is 10.7. The van der Waals surface area contributed by atoms with E-state index in [0.29, 0.717) is 12.1 Å². The highest BCUT2D eigenvalue weighted by molar-refractivity contribution is 5.99. The topological polar surface area (TPSA) is 52.6 Å². The van der Waals surface area contributed by atoms with E-state index in [9.17, 15) is 4.79 Å². The number of benzene rings is 1. The van der Waals surface area contributed by atoms with Gasteiger partial charge in [0.2, 0.25) is 0 Å². The fourth-order valence-corrected chi connectivity index (χ4v) is 1.64. The molecule has 17 heavy (non-hydrogen) atoms. The number of likely N-dealkylation sites (N-methyl/N-ethyl adjacent to an activating group) is 1.